The number of nitrogens with zero attached hydrogens (tertiary/aromatic N) is 2. The van der Waals surface area contributed by atoms with Crippen molar-refractivity contribution in [1.29, 1.82) is 0 Å². The number of para-hydroxylation sites is 1. The smallest absolute Gasteiger partial charge is 0.135 e. The van der Waals surface area contributed by atoms with Gasteiger partial charge in [0.05, 0.1) is 5.69 Å². The van der Waals surface area contributed by atoms with Crippen LogP contribution in [0.5, 0.6) is 0 Å². The van der Waals surface area contributed by atoms with Crippen molar-refractivity contribution in [2.75, 3.05) is 17.2 Å². The molecular weight excluding hydrogens is 327 g/mol. The van der Waals surface area contributed by atoms with E-state index in [-0.39, 0.29) is 0 Å². The number of aromatic nitrogens is 2. The number of halogens is 1. The summed E-state index contributed by atoms with van der Waals surface area (Å²) < 4.78 is 1.16. The molecule has 0 aliphatic heterocycles. The van der Waals surface area contributed by atoms with Crippen LogP contribution in [0.15, 0.2) is 36.7 Å². The molecule has 1 aromatic heterocycles. The summed E-state index contributed by atoms with van der Waals surface area (Å²) in [5.74, 6) is 1.62. The summed E-state index contributed by atoms with van der Waals surface area (Å²) >= 11 is 2.29. The maximum atomic E-state index is 4.19. The van der Waals surface area contributed by atoms with Crippen molar-refractivity contribution in [1.82, 2.24) is 9.97 Å². The fourth-order valence-corrected chi connectivity index (χ4v) is 1.93. The second-order valence-corrected chi connectivity index (χ2v) is 4.59. The number of benzene rings is 1. The average Bonchev–Trinajstić information content (AvgIpc) is 2.33. The van der Waals surface area contributed by atoms with Gasteiger partial charge >= 0.3 is 0 Å². The Morgan fingerprint density at radius 2 is 1.94 bits per heavy atom. The van der Waals surface area contributed by atoms with Crippen molar-refractivity contribution >= 4 is 39.9 Å². The first-order valence-electron chi connectivity index (χ1n) is 5.37. The van der Waals surface area contributed by atoms with Crippen LogP contribution in [-0.4, -0.2) is 16.5 Å². The van der Waals surface area contributed by atoms with Gasteiger partial charge in [-0.15, -0.1) is 0 Å². The van der Waals surface area contributed by atoms with Gasteiger partial charge in [-0.2, -0.15) is 0 Å². The molecule has 2 N–H and O–H groups in total. The van der Waals surface area contributed by atoms with Crippen molar-refractivity contribution in [3.05, 3.63) is 40.2 Å². The van der Waals surface area contributed by atoms with Crippen LogP contribution >= 0.6 is 22.6 Å². The molecular formula is C12H13IN4. The minimum atomic E-state index is 0.792. The van der Waals surface area contributed by atoms with Gasteiger partial charge in [0.1, 0.15) is 18.0 Å². The van der Waals surface area contributed by atoms with E-state index in [9.17, 15) is 0 Å². The molecule has 1 heterocycles. The number of rotatable bonds is 4. The third-order valence-corrected chi connectivity index (χ3v) is 3.10. The molecule has 0 fully saturated rings. The topological polar surface area (TPSA) is 49.8 Å². The normalized spacial score (nSPS) is 10.0. The van der Waals surface area contributed by atoms with Crippen LogP contribution in [0.4, 0.5) is 17.3 Å². The quantitative estimate of drug-likeness (QED) is 0.839. The molecule has 0 aliphatic rings. The first kappa shape index (κ1) is 12.1. The van der Waals surface area contributed by atoms with Crippen molar-refractivity contribution in [3.8, 4) is 0 Å². The molecule has 2 rings (SSSR count). The number of hydrogen-bond donors (Lipinski definition) is 2. The third kappa shape index (κ3) is 3.29. The molecule has 0 atom stereocenters. The Morgan fingerprint density at radius 1 is 1.18 bits per heavy atom. The summed E-state index contributed by atoms with van der Waals surface area (Å²) in [6, 6.07) is 9.98. The van der Waals surface area contributed by atoms with Crippen LogP contribution in [0, 0.1) is 3.57 Å². The van der Waals surface area contributed by atoms with Gasteiger partial charge in [0, 0.05) is 16.2 Å². The highest BCUT2D eigenvalue weighted by Gasteiger charge is 2.01. The Hall–Kier alpha value is -1.37. The number of nitrogens with one attached hydrogen (secondary N) is 2. The number of hydrogen-bond acceptors (Lipinski definition) is 4. The summed E-state index contributed by atoms with van der Waals surface area (Å²) in [5.41, 5.74) is 1.05. The van der Waals surface area contributed by atoms with Crippen molar-refractivity contribution < 1.29 is 0 Å². The molecule has 0 saturated carbocycles. The van der Waals surface area contributed by atoms with E-state index in [1.165, 1.54) is 0 Å². The Balaban J connectivity index is 2.18. The molecule has 0 spiro atoms. The van der Waals surface area contributed by atoms with E-state index < -0.39 is 0 Å². The van der Waals surface area contributed by atoms with Crippen molar-refractivity contribution in [3.63, 3.8) is 0 Å². The number of anilines is 3. The molecule has 0 bridgehead atoms. The van der Waals surface area contributed by atoms with E-state index >= 15 is 0 Å². The molecule has 0 radical (unpaired) electrons. The van der Waals surface area contributed by atoms with Crippen LogP contribution < -0.4 is 10.6 Å². The minimum Gasteiger partial charge on any atom is -0.370 e. The predicted molar refractivity (Wildman–Crippen MR) is 78.6 cm³/mol. The molecule has 1 aromatic carbocycles. The van der Waals surface area contributed by atoms with Crippen LogP contribution in [0.2, 0.25) is 0 Å². The molecule has 4 nitrogen and oxygen atoms in total. The van der Waals surface area contributed by atoms with E-state index in [0.29, 0.717) is 0 Å². The van der Waals surface area contributed by atoms with E-state index in [2.05, 4.69) is 49.3 Å². The van der Waals surface area contributed by atoms with Crippen molar-refractivity contribution in [2.45, 2.75) is 6.92 Å². The Kier molecular flexibility index (Phi) is 4.13. The molecule has 0 unspecified atom stereocenters. The van der Waals surface area contributed by atoms with Crippen LogP contribution in [-0.2, 0) is 0 Å². The lowest BCUT2D eigenvalue weighted by molar-refractivity contribution is 1.11. The molecule has 0 amide bonds. The summed E-state index contributed by atoms with van der Waals surface area (Å²) in [6.07, 6.45) is 1.55. The second-order valence-electron chi connectivity index (χ2n) is 3.42. The summed E-state index contributed by atoms with van der Waals surface area (Å²) in [6.45, 7) is 2.88. The van der Waals surface area contributed by atoms with Crippen LogP contribution in [0.3, 0.4) is 0 Å². The molecule has 5 heteroatoms. The Labute approximate surface area is 114 Å². The minimum absolute atomic E-state index is 0.792. The zero-order valence-electron chi connectivity index (χ0n) is 9.44. The van der Waals surface area contributed by atoms with Crippen LogP contribution in [0.1, 0.15) is 6.92 Å². The molecule has 0 saturated heterocycles. The van der Waals surface area contributed by atoms with Crippen molar-refractivity contribution in [2.24, 2.45) is 0 Å². The van der Waals surface area contributed by atoms with E-state index in [0.717, 1.165) is 27.4 Å². The maximum Gasteiger partial charge on any atom is 0.135 e. The highest BCUT2D eigenvalue weighted by Crippen LogP contribution is 2.21. The van der Waals surface area contributed by atoms with Gasteiger partial charge in [-0.05, 0) is 41.6 Å². The third-order valence-electron chi connectivity index (χ3n) is 2.16. The maximum absolute atomic E-state index is 4.19. The SMILES string of the molecule is CCNc1cc(Nc2ccccc2I)ncn1. The zero-order valence-corrected chi connectivity index (χ0v) is 11.6. The average molecular weight is 340 g/mol. The Bertz CT molecular complexity index is 501. The lowest BCUT2D eigenvalue weighted by atomic mass is 10.3. The van der Waals surface area contributed by atoms with E-state index in [1.54, 1.807) is 6.33 Å². The molecule has 17 heavy (non-hydrogen) atoms. The highest BCUT2D eigenvalue weighted by molar-refractivity contribution is 14.1. The van der Waals surface area contributed by atoms with Gasteiger partial charge in [-0.25, -0.2) is 9.97 Å². The summed E-state index contributed by atoms with van der Waals surface area (Å²) in [7, 11) is 0. The van der Waals surface area contributed by atoms with Crippen LogP contribution in [0.25, 0.3) is 0 Å². The largest absolute Gasteiger partial charge is 0.370 e. The predicted octanol–water partition coefficient (Wildman–Crippen LogP) is 3.26. The van der Waals surface area contributed by atoms with Gasteiger partial charge in [0.2, 0.25) is 0 Å². The fraction of sp³-hybridized carbons (Fsp3) is 0.167. The second kappa shape index (κ2) is 5.81. The van der Waals surface area contributed by atoms with Gasteiger partial charge in [0.25, 0.3) is 0 Å². The summed E-state index contributed by atoms with van der Waals surface area (Å²) in [5, 5.41) is 6.43. The monoisotopic (exact) mass is 340 g/mol. The highest BCUT2D eigenvalue weighted by atomic mass is 127. The Morgan fingerprint density at radius 3 is 2.71 bits per heavy atom. The van der Waals surface area contributed by atoms with Gasteiger partial charge in [-0.3, -0.25) is 0 Å². The standard InChI is InChI=1S/C12H13IN4/c1-2-14-11-7-12(16-8-15-11)17-10-6-4-3-5-9(10)13/h3-8H,2H2,1H3,(H2,14,15,16,17). The molecule has 2 aromatic rings. The van der Waals surface area contributed by atoms with Gasteiger partial charge < -0.3 is 10.6 Å². The fourth-order valence-electron chi connectivity index (χ4n) is 1.40. The van der Waals surface area contributed by atoms with Gasteiger partial charge in [-0.1, -0.05) is 12.1 Å². The first-order chi connectivity index (χ1) is 8.29. The van der Waals surface area contributed by atoms with E-state index in [1.807, 2.05) is 31.2 Å². The van der Waals surface area contributed by atoms with Gasteiger partial charge in [0.15, 0.2) is 0 Å². The van der Waals surface area contributed by atoms with E-state index in [4.69, 9.17) is 0 Å². The summed E-state index contributed by atoms with van der Waals surface area (Å²) in [4.78, 5) is 8.32. The molecule has 88 valence electrons. The molecule has 0 aliphatic carbocycles. The lowest BCUT2D eigenvalue weighted by Crippen LogP contribution is -2.02. The zero-order chi connectivity index (χ0) is 12.1. The lowest BCUT2D eigenvalue weighted by Gasteiger charge is -2.08. The first-order valence-corrected chi connectivity index (χ1v) is 6.45.